The number of rotatable bonds is 9. The Morgan fingerprint density at radius 3 is 2.13 bits per heavy atom. The van der Waals surface area contributed by atoms with Gasteiger partial charge in [0.1, 0.15) is 12.1 Å². The molecule has 5 nitrogen and oxygen atoms in total. The van der Waals surface area contributed by atoms with Crippen LogP contribution in [0.1, 0.15) is 11.1 Å². The molecule has 0 radical (unpaired) electrons. The molecule has 0 aliphatic rings. The van der Waals surface area contributed by atoms with E-state index in [1.807, 2.05) is 60.7 Å². The van der Waals surface area contributed by atoms with Crippen molar-refractivity contribution in [3.05, 3.63) is 71.8 Å². The Morgan fingerprint density at radius 2 is 1.57 bits per heavy atom. The number of carboxylic acids is 1. The van der Waals surface area contributed by atoms with E-state index >= 15 is 0 Å². The fraction of sp³-hybridized carbons (Fsp3) is 0.278. The molecule has 5 heteroatoms. The van der Waals surface area contributed by atoms with Gasteiger partial charge in [-0.15, -0.1) is 0 Å². The van der Waals surface area contributed by atoms with E-state index in [2.05, 4.69) is 5.32 Å². The SMILES string of the molecule is O=C(O)[13C@@H](NCc1ccccc1)[13C@@H](O)COCc1ccccc1. The molecule has 0 fully saturated rings. The highest BCUT2D eigenvalue weighted by atomic mass is 16.5. The predicted octanol–water partition coefficient (Wildman–Crippen LogP) is 1.81. The molecule has 0 saturated carbocycles. The molecule has 0 bridgehead atoms. The molecule has 23 heavy (non-hydrogen) atoms. The molecule has 2 aromatic carbocycles. The summed E-state index contributed by atoms with van der Waals surface area (Å²) in [7, 11) is 0. The number of carbonyl (C=O) groups is 1. The number of aliphatic hydroxyl groups excluding tert-OH is 1. The second-order valence-electron chi connectivity index (χ2n) is 5.25. The Balaban J connectivity index is 1.81. The molecule has 0 aliphatic heterocycles. The van der Waals surface area contributed by atoms with Crippen LogP contribution in [0.2, 0.25) is 0 Å². The number of carboxylic acid groups (broad SMARTS) is 1. The highest BCUT2D eigenvalue weighted by Crippen LogP contribution is 2.04. The third kappa shape index (κ3) is 5.83. The standard InChI is InChI=1S/C18H21NO4/c20-16(13-23-12-15-9-5-2-6-10-15)17(18(21)22)19-11-14-7-3-1-4-8-14/h1-10,16-17,19-20H,11-13H2,(H,21,22)/t16-,17-/m0/s1/i16+1,17+1. The first-order valence-corrected chi connectivity index (χ1v) is 7.46. The first-order valence-electron chi connectivity index (χ1n) is 7.46. The summed E-state index contributed by atoms with van der Waals surface area (Å²) < 4.78 is 5.41. The summed E-state index contributed by atoms with van der Waals surface area (Å²) >= 11 is 0. The van der Waals surface area contributed by atoms with Gasteiger partial charge in [-0.1, -0.05) is 60.7 Å². The van der Waals surface area contributed by atoms with Crippen molar-refractivity contribution in [1.82, 2.24) is 5.32 Å². The van der Waals surface area contributed by atoms with Crippen LogP contribution in [0.5, 0.6) is 0 Å². The zero-order valence-corrected chi connectivity index (χ0v) is 12.8. The molecule has 0 amide bonds. The van der Waals surface area contributed by atoms with Crippen molar-refractivity contribution in [2.24, 2.45) is 0 Å². The van der Waals surface area contributed by atoms with Crippen molar-refractivity contribution in [2.45, 2.75) is 25.3 Å². The van der Waals surface area contributed by atoms with Crippen LogP contribution < -0.4 is 5.32 Å². The minimum Gasteiger partial charge on any atom is -0.480 e. The molecule has 122 valence electrons. The van der Waals surface area contributed by atoms with E-state index in [4.69, 9.17) is 4.74 Å². The lowest BCUT2D eigenvalue weighted by Gasteiger charge is -2.20. The lowest BCUT2D eigenvalue weighted by molar-refractivity contribution is -0.144. The number of aliphatic carboxylic acids is 1. The molecule has 3 N–H and O–H groups in total. The average Bonchev–Trinajstić information content (AvgIpc) is 2.56. The minimum atomic E-state index is -1.13. The molecule has 2 rings (SSSR count). The number of aliphatic hydroxyl groups is 1. The maximum atomic E-state index is 11.3. The third-order valence-corrected chi connectivity index (χ3v) is 3.42. The van der Waals surface area contributed by atoms with E-state index in [1.54, 1.807) is 0 Å². The van der Waals surface area contributed by atoms with Crippen molar-refractivity contribution in [1.29, 1.82) is 0 Å². The topological polar surface area (TPSA) is 78.8 Å². The molecule has 0 aliphatic carbocycles. The smallest absolute Gasteiger partial charge is 0.323 e. The second kappa shape index (κ2) is 9.05. The first kappa shape index (κ1) is 17.1. The van der Waals surface area contributed by atoms with E-state index in [-0.39, 0.29) is 6.61 Å². The summed E-state index contributed by atoms with van der Waals surface area (Å²) in [6.45, 7) is 0.657. The van der Waals surface area contributed by atoms with E-state index in [9.17, 15) is 15.0 Å². The third-order valence-electron chi connectivity index (χ3n) is 3.42. The van der Waals surface area contributed by atoms with Crippen LogP contribution in [-0.4, -0.2) is 34.9 Å². The van der Waals surface area contributed by atoms with E-state index < -0.39 is 18.1 Å². The van der Waals surface area contributed by atoms with Crippen LogP contribution in [-0.2, 0) is 22.7 Å². The summed E-state index contributed by atoms with van der Waals surface area (Å²) in [4.78, 5) is 11.3. The Labute approximate surface area is 135 Å². The summed E-state index contributed by atoms with van der Waals surface area (Å²) in [5.41, 5.74) is 1.93. The number of benzene rings is 2. The van der Waals surface area contributed by atoms with Crippen LogP contribution in [0, 0.1) is 0 Å². The van der Waals surface area contributed by atoms with Crippen molar-refractivity contribution in [2.75, 3.05) is 6.61 Å². The highest BCUT2D eigenvalue weighted by Gasteiger charge is 2.26. The van der Waals surface area contributed by atoms with Gasteiger partial charge >= 0.3 is 5.97 Å². The van der Waals surface area contributed by atoms with Crippen molar-refractivity contribution < 1.29 is 19.7 Å². The van der Waals surface area contributed by atoms with E-state index in [0.29, 0.717) is 13.2 Å². The van der Waals surface area contributed by atoms with Gasteiger partial charge in [0.2, 0.25) is 0 Å². The zero-order chi connectivity index (χ0) is 16.5. The van der Waals surface area contributed by atoms with Gasteiger partial charge < -0.3 is 14.9 Å². The summed E-state index contributed by atoms with van der Waals surface area (Å²) in [6, 6.07) is 17.9. The number of ether oxygens (including phenoxy) is 1. The number of nitrogens with one attached hydrogen (secondary N) is 1. The number of hydrogen-bond acceptors (Lipinski definition) is 4. The average molecular weight is 317 g/mol. The lowest BCUT2D eigenvalue weighted by Crippen LogP contribution is -2.47. The highest BCUT2D eigenvalue weighted by molar-refractivity contribution is 5.74. The van der Waals surface area contributed by atoms with Gasteiger partial charge in [0, 0.05) is 6.54 Å². The van der Waals surface area contributed by atoms with Crippen LogP contribution in [0.3, 0.4) is 0 Å². The van der Waals surface area contributed by atoms with Crippen molar-refractivity contribution >= 4 is 5.97 Å². The van der Waals surface area contributed by atoms with Gasteiger partial charge in [0.15, 0.2) is 0 Å². The largest absolute Gasteiger partial charge is 0.480 e. The quantitative estimate of drug-likeness (QED) is 0.615. The van der Waals surface area contributed by atoms with Gasteiger partial charge in [0.05, 0.1) is 13.2 Å². The van der Waals surface area contributed by atoms with Crippen LogP contribution in [0.4, 0.5) is 0 Å². The van der Waals surface area contributed by atoms with E-state index in [1.165, 1.54) is 0 Å². The van der Waals surface area contributed by atoms with Crippen LogP contribution in [0.15, 0.2) is 60.7 Å². The monoisotopic (exact) mass is 317 g/mol. The van der Waals surface area contributed by atoms with Crippen molar-refractivity contribution in [3.63, 3.8) is 0 Å². The fourth-order valence-electron chi connectivity index (χ4n) is 2.18. The van der Waals surface area contributed by atoms with Gasteiger partial charge in [-0.3, -0.25) is 10.1 Å². The first-order chi connectivity index (χ1) is 11.2. The van der Waals surface area contributed by atoms with E-state index in [0.717, 1.165) is 11.1 Å². The molecule has 0 unspecified atom stereocenters. The Hall–Kier alpha value is -2.21. The molecular formula is C18H21NO4. The minimum absolute atomic E-state index is 0.0480. The van der Waals surface area contributed by atoms with Crippen molar-refractivity contribution in [3.8, 4) is 0 Å². The van der Waals surface area contributed by atoms with Gasteiger partial charge in [-0.05, 0) is 11.1 Å². The molecule has 0 aromatic heterocycles. The Kier molecular flexibility index (Phi) is 6.75. The molecule has 0 saturated heterocycles. The molecular weight excluding hydrogens is 296 g/mol. The van der Waals surface area contributed by atoms with Crippen LogP contribution >= 0.6 is 0 Å². The molecule has 0 heterocycles. The fourth-order valence-corrected chi connectivity index (χ4v) is 2.18. The van der Waals surface area contributed by atoms with Gasteiger partial charge in [-0.2, -0.15) is 0 Å². The predicted molar refractivity (Wildman–Crippen MR) is 86.8 cm³/mol. The Bertz CT molecular complexity index is 588. The summed E-state index contributed by atoms with van der Waals surface area (Å²) in [6.07, 6.45) is -1.13. The molecule has 0 spiro atoms. The van der Waals surface area contributed by atoms with Crippen LogP contribution in [0.25, 0.3) is 0 Å². The van der Waals surface area contributed by atoms with Gasteiger partial charge in [0.25, 0.3) is 0 Å². The molecule has 2 aromatic rings. The zero-order valence-electron chi connectivity index (χ0n) is 12.8. The second-order valence-corrected chi connectivity index (χ2v) is 5.25. The summed E-state index contributed by atoms with van der Waals surface area (Å²) in [5, 5.41) is 22.2. The Morgan fingerprint density at radius 1 is 1.00 bits per heavy atom. The normalized spacial score (nSPS) is 13.4. The lowest BCUT2D eigenvalue weighted by atomic mass is 10.2. The molecule has 2 atom stereocenters. The maximum Gasteiger partial charge on any atom is 0.323 e. The maximum absolute atomic E-state index is 11.3. The number of hydrogen-bond donors (Lipinski definition) is 3. The summed E-state index contributed by atoms with van der Waals surface area (Å²) in [5.74, 6) is -1.10. The van der Waals surface area contributed by atoms with Gasteiger partial charge in [-0.25, -0.2) is 0 Å².